The molecule has 1 atom stereocenters. The fraction of sp³-hybridized carbons (Fsp3) is 0.571. The summed E-state index contributed by atoms with van der Waals surface area (Å²) < 4.78 is 13.1. The van der Waals surface area contributed by atoms with Crippen LogP contribution in [-0.2, 0) is 6.42 Å². The molecule has 1 saturated heterocycles. The van der Waals surface area contributed by atoms with E-state index in [0.717, 1.165) is 38.0 Å². The monoisotopic (exact) mass is 236 g/mol. The van der Waals surface area contributed by atoms with E-state index < -0.39 is 0 Å². The molecule has 1 aliphatic rings. The minimum absolute atomic E-state index is 0.106. The second kappa shape index (κ2) is 5.61. The number of benzene rings is 1. The van der Waals surface area contributed by atoms with Crippen molar-refractivity contribution in [1.82, 2.24) is 10.2 Å². The van der Waals surface area contributed by atoms with Crippen molar-refractivity contribution in [2.24, 2.45) is 0 Å². The summed E-state index contributed by atoms with van der Waals surface area (Å²) in [7, 11) is 2.18. The predicted molar refractivity (Wildman–Crippen MR) is 68.7 cm³/mol. The average Bonchev–Trinajstić information content (AvgIpc) is 2.32. The Bertz CT molecular complexity index is 378. The van der Waals surface area contributed by atoms with Gasteiger partial charge in [0.05, 0.1) is 0 Å². The van der Waals surface area contributed by atoms with E-state index in [4.69, 9.17) is 0 Å². The Morgan fingerprint density at radius 3 is 3.00 bits per heavy atom. The molecule has 0 spiro atoms. The van der Waals surface area contributed by atoms with E-state index in [1.54, 1.807) is 6.07 Å². The lowest BCUT2D eigenvalue weighted by Crippen LogP contribution is -2.49. The molecule has 0 radical (unpaired) electrons. The van der Waals surface area contributed by atoms with E-state index in [1.807, 2.05) is 19.1 Å². The number of hydrogen-bond acceptors (Lipinski definition) is 2. The maximum Gasteiger partial charge on any atom is 0.126 e. The zero-order chi connectivity index (χ0) is 12.3. The Labute approximate surface area is 103 Å². The topological polar surface area (TPSA) is 15.3 Å². The zero-order valence-electron chi connectivity index (χ0n) is 10.7. The molecule has 94 valence electrons. The minimum atomic E-state index is -0.106. The van der Waals surface area contributed by atoms with Crippen LogP contribution in [0.2, 0.25) is 0 Å². The fourth-order valence-corrected chi connectivity index (χ4v) is 2.38. The van der Waals surface area contributed by atoms with E-state index in [-0.39, 0.29) is 5.82 Å². The summed E-state index contributed by atoms with van der Waals surface area (Å²) in [5, 5.41) is 3.42. The van der Waals surface area contributed by atoms with Gasteiger partial charge in [0.2, 0.25) is 0 Å². The Hall–Kier alpha value is -0.930. The molecule has 0 amide bonds. The van der Waals surface area contributed by atoms with Gasteiger partial charge in [-0.05, 0) is 44.0 Å². The highest BCUT2D eigenvalue weighted by atomic mass is 19.1. The smallest absolute Gasteiger partial charge is 0.126 e. The van der Waals surface area contributed by atoms with Crippen LogP contribution in [0.15, 0.2) is 18.2 Å². The molecule has 1 fully saturated rings. The first-order valence-corrected chi connectivity index (χ1v) is 6.33. The third-order valence-corrected chi connectivity index (χ3v) is 3.63. The summed E-state index contributed by atoms with van der Waals surface area (Å²) in [6, 6.07) is 6.05. The first kappa shape index (κ1) is 12.5. The summed E-state index contributed by atoms with van der Waals surface area (Å²) in [5.74, 6) is -0.106. The van der Waals surface area contributed by atoms with E-state index in [0.29, 0.717) is 6.04 Å². The van der Waals surface area contributed by atoms with Crippen LogP contribution in [0.1, 0.15) is 17.5 Å². The first-order chi connectivity index (χ1) is 8.16. The minimum Gasteiger partial charge on any atom is -0.314 e. The van der Waals surface area contributed by atoms with Crippen molar-refractivity contribution in [1.29, 1.82) is 0 Å². The van der Waals surface area contributed by atoms with Crippen LogP contribution >= 0.6 is 0 Å². The third kappa shape index (κ3) is 3.27. The van der Waals surface area contributed by atoms with Gasteiger partial charge in [-0.2, -0.15) is 0 Å². The fourth-order valence-electron chi connectivity index (χ4n) is 2.38. The lowest BCUT2D eigenvalue weighted by Gasteiger charge is -2.33. The van der Waals surface area contributed by atoms with Gasteiger partial charge in [-0.25, -0.2) is 4.39 Å². The molecule has 1 aromatic carbocycles. The number of rotatable bonds is 3. The van der Waals surface area contributed by atoms with Crippen molar-refractivity contribution in [2.75, 3.05) is 26.7 Å². The molecule has 1 aromatic rings. The van der Waals surface area contributed by atoms with Gasteiger partial charge >= 0.3 is 0 Å². The second-order valence-corrected chi connectivity index (χ2v) is 4.96. The molecule has 3 heteroatoms. The molecular formula is C14H21FN2. The van der Waals surface area contributed by atoms with Crippen LogP contribution in [0, 0.1) is 12.7 Å². The summed E-state index contributed by atoms with van der Waals surface area (Å²) >= 11 is 0. The Balaban J connectivity index is 1.90. The number of nitrogens with one attached hydrogen (secondary N) is 1. The Morgan fingerprint density at radius 2 is 2.29 bits per heavy atom. The summed E-state index contributed by atoms with van der Waals surface area (Å²) in [6.45, 7) is 5.10. The summed E-state index contributed by atoms with van der Waals surface area (Å²) in [5.41, 5.74) is 1.99. The van der Waals surface area contributed by atoms with Gasteiger partial charge in [0, 0.05) is 25.7 Å². The normalized spacial score (nSPS) is 21.7. The molecule has 0 saturated carbocycles. The highest BCUT2D eigenvalue weighted by Crippen LogP contribution is 2.14. The van der Waals surface area contributed by atoms with Gasteiger partial charge in [-0.1, -0.05) is 12.1 Å². The largest absolute Gasteiger partial charge is 0.314 e. The van der Waals surface area contributed by atoms with Gasteiger partial charge in [0.25, 0.3) is 0 Å². The number of likely N-dealkylation sites (N-methyl/N-ethyl adjacent to an activating group) is 1. The van der Waals surface area contributed by atoms with Crippen molar-refractivity contribution in [3.63, 3.8) is 0 Å². The van der Waals surface area contributed by atoms with Crippen LogP contribution in [-0.4, -0.2) is 37.6 Å². The predicted octanol–water partition coefficient (Wildman–Crippen LogP) is 1.97. The zero-order valence-corrected chi connectivity index (χ0v) is 10.7. The van der Waals surface area contributed by atoms with E-state index in [2.05, 4.69) is 17.3 Å². The molecule has 1 N–H and O–H groups in total. The lowest BCUT2D eigenvalue weighted by molar-refractivity contribution is 0.191. The number of aryl methyl sites for hydroxylation is 2. The average molecular weight is 236 g/mol. The van der Waals surface area contributed by atoms with Crippen molar-refractivity contribution in [2.45, 2.75) is 25.8 Å². The van der Waals surface area contributed by atoms with Gasteiger partial charge in [-0.15, -0.1) is 0 Å². The number of halogens is 1. The summed E-state index contributed by atoms with van der Waals surface area (Å²) in [4.78, 5) is 2.41. The molecule has 0 bridgehead atoms. The first-order valence-electron chi connectivity index (χ1n) is 6.33. The van der Waals surface area contributed by atoms with Gasteiger partial charge in [0.1, 0.15) is 5.82 Å². The Kier molecular flexibility index (Phi) is 4.13. The summed E-state index contributed by atoms with van der Waals surface area (Å²) in [6.07, 6.45) is 2.16. The standard InChI is InChI=1S/C14H21FN2/c1-11-9-12(4-6-14(11)15)3-5-13-10-16-7-8-17(13)2/h4,6,9,13,16H,3,5,7-8,10H2,1-2H3. The lowest BCUT2D eigenvalue weighted by atomic mass is 10.0. The maximum absolute atomic E-state index is 13.1. The van der Waals surface area contributed by atoms with E-state index >= 15 is 0 Å². The van der Waals surface area contributed by atoms with Gasteiger partial charge in [-0.3, -0.25) is 0 Å². The van der Waals surface area contributed by atoms with E-state index in [9.17, 15) is 4.39 Å². The Morgan fingerprint density at radius 1 is 1.47 bits per heavy atom. The third-order valence-electron chi connectivity index (χ3n) is 3.63. The molecule has 1 unspecified atom stereocenters. The van der Waals surface area contributed by atoms with Crippen LogP contribution in [0.5, 0.6) is 0 Å². The molecule has 1 aliphatic heterocycles. The number of nitrogens with zero attached hydrogens (tertiary/aromatic N) is 1. The van der Waals surface area contributed by atoms with Crippen LogP contribution < -0.4 is 5.32 Å². The SMILES string of the molecule is Cc1cc(CCC2CNCCN2C)ccc1F. The van der Waals surface area contributed by atoms with Crippen LogP contribution in [0.4, 0.5) is 4.39 Å². The quantitative estimate of drug-likeness (QED) is 0.863. The van der Waals surface area contributed by atoms with Crippen molar-refractivity contribution in [3.8, 4) is 0 Å². The number of hydrogen-bond donors (Lipinski definition) is 1. The molecule has 2 nitrogen and oxygen atoms in total. The van der Waals surface area contributed by atoms with Crippen LogP contribution in [0.3, 0.4) is 0 Å². The van der Waals surface area contributed by atoms with Crippen LogP contribution in [0.25, 0.3) is 0 Å². The molecule has 0 aromatic heterocycles. The highest BCUT2D eigenvalue weighted by molar-refractivity contribution is 5.24. The number of piperazine rings is 1. The van der Waals surface area contributed by atoms with Gasteiger partial charge in [0.15, 0.2) is 0 Å². The maximum atomic E-state index is 13.1. The molecular weight excluding hydrogens is 215 g/mol. The highest BCUT2D eigenvalue weighted by Gasteiger charge is 2.17. The van der Waals surface area contributed by atoms with Gasteiger partial charge < -0.3 is 10.2 Å². The molecule has 1 heterocycles. The molecule has 17 heavy (non-hydrogen) atoms. The van der Waals surface area contributed by atoms with Crippen molar-refractivity contribution < 1.29 is 4.39 Å². The van der Waals surface area contributed by atoms with Crippen molar-refractivity contribution >= 4 is 0 Å². The second-order valence-electron chi connectivity index (χ2n) is 4.96. The van der Waals surface area contributed by atoms with E-state index in [1.165, 1.54) is 5.56 Å². The van der Waals surface area contributed by atoms with Crippen molar-refractivity contribution in [3.05, 3.63) is 35.1 Å². The molecule has 2 rings (SSSR count). The molecule has 0 aliphatic carbocycles.